The maximum absolute atomic E-state index is 11.5. The molecule has 0 bridgehead atoms. The second-order valence-corrected chi connectivity index (χ2v) is 7.83. The maximum Gasteiger partial charge on any atom is 0.320 e. The number of benzene rings is 1. The number of hydrogen-bond donors (Lipinski definition) is 3. The first-order valence-electron chi connectivity index (χ1n) is 8.62. The number of anilines is 1. The summed E-state index contributed by atoms with van der Waals surface area (Å²) in [4.78, 5) is 11.5. The fraction of sp³-hybridized carbons (Fsp3) is 0.632. The van der Waals surface area contributed by atoms with Crippen LogP contribution in [0.25, 0.3) is 0 Å². The van der Waals surface area contributed by atoms with Gasteiger partial charge < -0.3 is 10.4 Å². The normalized spacial score (nSPS) is 17.0. The summed E-state index contributed by atoms with van der Waals surface area (Å²) in [7, 11) is 0. The van der Waals surface area contributed by atoms with Gasteiger partial charge in [-0.3, -0.25) is 10.1 Å². The molecule has 0 radical (unpaired) electrons. The minimum Gasteiger partial charge on any atom is -0.480 e. The Hall–Kier alpha value is -1.55. The van der Waals surface area contributed by atoms with E-state index in [1.54, 1.807) is 0 Å². The van der Waals surface area contributed by atoms with E-state index in [-0.39, 0.29) is 11.5 Å². The Balaban J connectivity index is 2.03. The Labute approximate surface area is 139 Å². The minimum atomic E-state index is -0.766. The number of carboxylic acids is 1. The van der Waals surface area contributed by atoms with E-state index in [9.17, 15) is 9.90 Å². The predicted octanol–water partition coefficient (Wildman–Crippen LogP) is 3.97. The summed E-state index contributed by atoms with van der Waals surface area (Å²) >= 11 is 0. The van der Waals surface area contributed by atoms with Gasteiger partial charge in [0, 0.05) is 18.3 Å². The minimum absolute atomic E-state index is 0.0186. The summed E-state index contributed by atoms with van der Waals surface area (Å²) in [6.45, 7) is 9.48. The fourth-order valence-corrected chi connectivity index (χ4v) is 3.00. The van der Waals surface area contributed by atoms with Crippen LogP contribution in [0, 0.1) is 5.41 Å². The zero-order chi connectivity index (χ0) is 17.0. The van der Waals surface area contributed by atoms with E-state index in [0.717, 1.165) is 24.9 Å². The van der Waals surface area contributed by atoms with E-state index in [4.69, 9.17) is 0 Å². The average molecular weight is 318 g/mol. The molecule has 3 N–H and O–H groups in total. The number of aliphatic carboxylic acids is 1. The van der Waals surface area contributed by atoms with Crippen LogP contribution >= 0.6 is 0 Å². The molecule has 4 nitrogen and oxygen atoms in total. The van der Waals surface area contributed by atoms with E-state index in [2.05, 4.69) is 49.6 Å². The molecule has 2 atom stereocenters. The topological polar surface area (TPSA) is 61.4 Å². The molecular formula is C19H30N2O2. The molecule has 0 aromatic heterocycles. The Morgan fingerprint density at radius 3 is 2.78 bits per heavy atom. The van der Waals surface area contributed by atoms with Crippen LogP contribution in [0.5, 0.6) is 0 Å². The van der Waals surface area contributed by atoms with Crippen molar-refractivity contribution in [2.75, 3.05) is 11.9 Å². The quantitative estimate of drug-likeness (QED) is 0.742. The molecule has 1 aliphatic heterocycles. The van der Waals surface area contributed by atoms with Crippen molar-refractivity contribution in [3.63, 3.8) is 0 Å². The Morgan fingerprint density at radius 1 is 1.39 bits per heavy atom. The van der Waals surface area contributed by atoms with Crippen LogP contribution < -0.4 is 10.6 Å². The number of carbonyl (C=O) groups is 1. The molecule has 128 valence electrons. The summed E-state index contributed by atoms with van der Waals surface area (Å²) in [5.74, 6) is -0.766. The van der Waals surface area contributed by atoms with Gasteiger partial charge in [-0.25, -0.2) is 0 Å². The second-order valence-electron chi connectivity index (χ2n) is 7.83. The van der Waals surface area contributed by atoms with E-state index in [1.165, 1.54) is 17.7 Å². The van der Waals surface area contributed by atoms with Crippen molar-refractivity contribution in [2.24, 2.45) is 5.41 Å². The molecule has 1 aromatic carbocycles. The largest absolute Gasteiger partial charge is 0.480 e. The number of rotatable bonds is 6. The van der Waals surface area contributed by atoms with Gasteiger partial charge in [0.15, 0.2) is 0 Å². The first-order valence-corrected chi connectivity index (χ1v) is 8.62. The van der Waals surface area contributed by atoms with E-state index >= 15 is 0 Å². The summed E-state index contributed by atoms with van der Waals surface area (Å²) < 4.78 is 0. The monoisotopic (exact) mass is 318 g/mol. The average Bonchev–Trinajstić information content (AvgIpc) is 2.49. The van der Waals surface area contributed by atoms with Gasteiger partial charge in [-0.2, -0.15) is 0 Å². The number of hydrogen-bond acceptors (Lipinski definition) is 3. The van der Waals surface area contributed by atoms with Crippen LogP contribution in [0.15, 0.2) is 18.2 Å². The van der Waals surface area contributed by atoms with E-state index < -0.39 is 12.0 Å². The van der Waals surface area contributed by atoms with Crippen LogP contribution in [0.3, 0.4) is 0 Å². The molecule has 1 aliphatic rings. The van der Waals surface area contributed by atoms with Gasteiger partial charge in [-0.1, -0.05) is 32.9 Å². The van der Waals surface area contributed by atoms with Crippen molar-refractivity contribution >= 4 is 11.7 Å². The van der Waals surface area contributed by atoms with Crippen molar-refractivity contribution < 1.29 is 9.90 Å². The Kier molecular flexibility index (Phi) is 5.69. The van der Waals surface area contributed by atoms with Crippen LogP contribution in [-0.2, 0) is 11.2 Å². The van der Waals surface area contributed by atoms with E-state index in [1.807, 2.05) is 6.92 Å². The smallest absolute Gasteiger partial charge is 0.320 e. The van der Waals surface area contributed by atoms with Gasteiger partial charge in [0.2, 0.25) is 0 Å². The van der Waals surface area contributed by atoms with Crippen molar-refractivity contribution in [3.05, 3.63) is 29.3 Å². The van der Waals surface area contributed by atoms with Gasteiger partial charge in [-0.15, -0.1) is 0 Å². The van der Waals surface area contributed by atoms with Gasteiger partial charge >= 0.3 is 5.97 Å². The molecule has 0 saturated carbocycles. The number of fused-ring (bicyclic) bond motifs is 1. The lowest BCUT2D eigenvalue weighted by Crippen LogP contribution is -2.39. The third-order valence-electron chi connectivity index (χ3n) is 4.50. The maximum atomic E-state index is 11.5. The highest BCUT2D eigenvalue weighted by atomic mass is 16.4. The number of aryl methyl sites for hydroxylation is 1. The fourth-order valence-electron chi connectivity index (χ4n) is 3.00. The molecule has 23 heavy (non-hydrogen) atoms. The molecule has 1 heterocycles. The standard InChI is InChI=1S/C19H30N2O2/c1-13(21-16(18(22)23)9-10-19(2,3)4)15-8-7-14-6-5-11-20-17(14)12-15/h7-8,12-13,16,20-21H,5-6,9-11H2,1-4H3,(H,22,23). The zero-order valence-electron chi connectivity index (χ0n) is 14.8. The first-order chi connectivity index (χ1) is 10.8. The van der Waals surface area contributed by atoms with Crippen molar-refractivity contribution in [1.29, 1.82) is 0 Å². The van der Waals surface area contributed by atoms with Crippen molar-refractivity contribution in [2.45, 2.75) is 65.5 Å². The Morgan fingerprint density at radius 2 is 2.13 bits per heavy atom. The molecule has 1 aromatic rings. The van der Waals surface area contributed by atoms with Crippen molar-refractivity contribution in [1.82, 2.24) is 5.32 Å². The highest BCUT2D eigenvalue weighted by Crippen LogP contribution is 2.27. The molecule has 0 aliphatic carbocycles. The van der Waals surface area contributed by atoms with E-state index in [0.29, 0.717) is 6.42 Å². The summed E-state index contributed by atoms with van der Waals surface area (Å²) in [5, 5.41) is 16.2. The molecule has 0 saturated heterocycles. The van der Waals surface area contributed by atoms with Gasteiger partial charge in [0.05, 0.1) is 0 Å². The van der Waals surface area contributed by atoms with Crippen LogP contribution in [-0.4, -0.2) is 23.7 Å². The second kappa shape index (κ2) is 7.35. The van der Waals surface area contributed by atoms with Crippen LogP contribution in [0.2, 0.25) is 0 Å². The summed E-state index contributed by atoms with van der Waals surface area (Å²) in [6, 6.07) is 5.96. The first kappa shape index (κ1) is 17.8. The highest BCUT2D eigenvalue weighted by molar-refractivity contribution is 5.73. The third-order valence-corrected chi connectivity index (χ3v) is 4.50. The third kappa shape index (κ3) is 5.24. The number of nitrogens with one attached hydrogen (secondary N) is 2. The van der Waals surface area contributed by atoms with Crippen LogP contribution in [0.4, 0.5) is 5.69 Å². The lowest BCUT2D eigenvalue weighted by Gasteiger charge is -2.25. The molecule has 0 amide bonds. The predicted molar refractivity (Wildman–Crippen MR) is 94.9 cm³/mol. The Bertz CT molecular complexity index is 549. The molecule has 0 fully saturated rings. The molecule has 2 rings (SSSR count). The highest BCUT2D eigenvalue weighted by Gasteiger charge is 2.23. The molecule has 0 spiro atoms. The number of carboxylic acid groups (broad SMARTS) is 1. The van der Waals surface area contributed by atoms with Crippen molar-refractivity contribution in [3.8, 4) is 0 Å². The van der Waals surface area contributed by atoms with Gasteiger partial charge in [0.1, 0.15) is 6.04 Å². The SMILES string of the molecule is CC(NC(CCC(C)(C)C)C(=O)O)c1ccc2c(c1)NCCC2. The molecule has 2 unspecified atom stereocenters. The summed E-state index contributed by atoms with van der Waals surface area (Å²) in [5.41, 5.74) is 3.84. The summed E-state index contributed by atoms with van der Waals surface area (Å²) in [6.07, 6.45) is 3.82. The lowest BCUT2D eigenvalue weighted by molar-refractivity contribution is -0.140. The molecule has 4 heteroatoms. The zero-order valence-corrected chi connectivity index (χ0v) is 14.8. The van der Waals surface area contributed by atoms with Gasteiger partial charge in [0.25, 0.3) is 0 Å². The lowest BCUT2D eigenvalue weighted by atomic mass is 9.88. The van der Waals surface area contributed by atoms with Crippen LogP contribution in [0.1, 0.15) is 64.1 Å². The van der Waals surface area contributed by atoms with Gasteiger partial charge in [-0.05, 0) is 55.2 Å². The molecular weight excluding hydrogens is 288 g/mol.